The number of primary sulfonamides is 1. The number of nitrogens with zero attached hydrogens (tertiary/aromatic N) is 2. The van der Waals surface area contributed by atoms with Crippen LogP contribution in [0.2, 0.25) is 0 Å². The van der Waals surface area contributed by atoms with Crippen LogP contribution in [-0.2, 0) is 10.0 Å². The largest absolute Gasteiger partial charge is 0.379 e. The Kier molecular flexibility index (Phi) is 6.79. The fraction of sp³-hybridized carbons (Fsp3) is 0.650. The van der Waals surface area contributed by atoms with Gasteiger partial charge < -0.3 is 10.2 Å². The molecule has 1 aliphatic heterocycles. The Balaban J connectivity index is 1.75. The predicted octanol–water partition coefficient (Wildman–Crippen LogP) is 3.53. The molecule has 3 N–H and O–H groups in total. The summed E-state index contributed by atoms with van der Waals surface area (Å²) in [7, 11) is -1.91. The zero-order valence-electron chi connectivity index (χ0n) is 16.6. The number of thioether (sulfide) groups is 1. The molecule has 1 fully saturated rings. The maximum atomic E-state index is 11.8. The summed E-state index contributed by atoms with van der Waals surface area (Å²) in [6.07, 6.45) is 7.89. The molecular formula is C20H30N4O2S2. The van der Waals surface area contributed by atoms with Gasteiger partial charge in [0.1, 0.15) is 6.07 Å². The summed E-state index contributed by atoms with van der Waals surface area (Å²) in [4.78, 5) is 2.03. The van der Waals surface area contributed by atoms with Gasteiger partial charge in [0, 0.05) is 24.9 Å². The quantitative estimate of drug-likeness (QED) is 0.753. The first-order chi connectivity index (χ1) is 13.3. The van der Waals surface area contributed by atoms with E-state index in [2.05, 4.69) is 35.0 Å². The lowest BCUT2D eigenvalue weighted by atomic mass is 9.98. The molecule has 1 heterocycles. The summed E-state index contributed by atoms with van der Waals surface area (Å²) in [5.41, 5.74) is 1.74. The SMILES string of the molecule is CC1Nc2c(C#N)cc(S(N)(=O)=O)cc2N(C)C[C@H]1CCSC1CCCCC1. The summed E-state index contributed by atoms with van der Waals surface area (Å²) in [5.74, 6) is 1.55. The van der Waals surface area contributed by atoms with Crippen molar-refractivity contribution in [1.29, 1.82) is 5.26 Å². The number of anilines is 2. The predicted molar refractivity (Wildman–Crippen MR) is 116 cm³/mol. The molecule has 0 radical (unpaired) electrons. The average Bonchev–Trinajstić information content (AvgIpc) is 2.78. The minimum atomic E-state index is -3.87. The maximum Gasteiger partial charge on any atom is 0.238 e. The van der Waals surface area contributed by atoms with Crippen LogP contribution in [0.15, 0.2) is 17.0 Å². The van der Waals surface area contributed by atoms with Gasteiger partial charge in [0.15, 0.2) is 0 Å². The zero-order chi connectivity index (χ0) is 20.3. The molecule has 1 aromatic carbocycles. The molecule has 0 bridgehead atoms. The topological polar surface area (TPSA) is 99.2 Å². The van der Waals surface area contributed by atoms with Crippen molar-refractivity contribution >= 4 is 33.2 Å². The van der Waals surface area contributed by atoms with Crippen molar-refractivity contribution in [3.05, 3.63) is 17.7 Å². The second-order valence-corrected chi connectivity index (χ2v) is 11.0. The first-order valence-corrected chi connectivity index (χ1v) is 12.6. The van der Waals surface area contributed by atoms with Gasteiger partial charge in [-0.15, -0.1) is 0 Å². The molecule has 1 unspecified atom stereocenters. The van der Waals surface area contributed by atoms with Crippen molar-refractivity contribution in [2.75, 3.05) is 29.6 Å². The molecule has 1 aliphatic carbocycles. The first-order valence-electron chi connectivity index (χ1n) is 10.00. The van der Waals surface area contributed by atoms with Crippen molar-refractivity contribution in [3.63, 3.8) is 0 Å². The van der Waals surface area contributed by atoms with Gasteiger partial charge in [-0.3, -0.25) is 0 Å². The lowest BCUT2D eigenvalue weighted by Gasteiger charge is -2.27. The average molecular weight is 423 g/mol. The standard InChI is InChI=1S/C20H30N4O2S2/c1-14-15(8-9-27-17-6-4-3-5-7-17)13-24(2)19-11-18(28(22,25)26)10-16(12-21)20(19)23-14/h10-11,14-15,17,23H,3-9,13H2,1-2H3,(H2,22,25,26)/t14?,15-/m1/s1. The van der Waals surface area contributed by atoms with E-state index in [0.717, 1.165) is 29.7 Å². The molecular weight excluding hydrogens is 392 g/mol. The van der Waals surface area contributed by atoms with Crippen molar-refractivity contribution in [3.8, 4) is 6.07 Å². The van der Waals surface area contributed by atoms with Crippen molar-refractivity contribution < 1.29 is 8.42 Å². The summed E-state index contributed by atoms with van der Waals surface area (Å²) < 4.78 is 23.7. The van der Waals surface area contributed by atoms with Crippen LogP contribution in [0.1, 0.15) is 51.0 Å². The second kappa shape index (κ2) is 8.93. The van der Waals surface area contributed by atoms with E-state index >= 15 is 0 Å². The molecule has 0 aromatic heterocycles. The van der Waals surface area contributed by atoms with Crippen molar-refractivity contribution in [2.24, 2.45) is 11.1 Å². The van der Waals surface area contributed by atoms with Gasteiger partial charge in [-0.2, -0.15) is 17.0 Å². The Labute approximate surface area is 172 Å². The molecule has 2 atom stereocenters. The number of hydrogen-bond acceptors (Lipinski definition) is 6. The monoisotopic (exact) mass is 422 g/mol. The van der Waals surface area contributed by atoms with Gasteiger partial charge in [-0.25, -0.2) is 13.6 Å². The maximum absolute atomic E-state index is 11.8. The number of sulfonamides is 1. The highest BCUT2D eigenvalue weighted by Crippen LogP contribution is 2.37. The third-order valence-electron chi connectivity index (χ3n) is 5.93. The van der Waals surface area contributed by atoms with Gasteiger partial charge >= 0.3 is 0 Å². The van der Waals surface area contributed by atoms with Gasteiger partial charge in [0.2, 0.25) is 10.0 Å². The highest BCUT2D eigenvalue weighted by atomic mass is 32.2. The highest BCUT2D eigenvalue weighted by Gasteiger charge is 2.28. The smallest absolute Gasteiger partial charge is 0.238 e. The summed E-state index contributed by atoms with van der Waals surface area (Å²) >= 11 is 2.10. The highest BCUT2D eigenvalue weighted by molar-refractivity contribution is 7.99. The molecule has 8 heteroatoms. The molecule has 0 saturated heterocycles. The molecule has 0 spiro atoms. The Morgan fingerprint density at radius 3 is 2.68 bits per heavy atom. The number of fused-ring (bicyclic) bond motifs is 1. The molecule has 28 heavy (non-hydrogen) atoms. The van der Waals surface area contributed by atoms with E-state index in [0.29, 0.717) is 17.2 Å². The lowest BCUT2D eigenvalue weighted by molar-refractivity contribution is 0.462. The molecule has 6 nitrogen and oxygen atoms in total. The normalized spacial score (nSPS) is 23.4. The van der Waals surface area contributed by atoms with E-state index in [1.165, 1.54) is 38.2 Å². The Hall–Kier alpha value is -1.43. The van der Waals surface area contributed by atoms with Crippen LogP contribution in [0.4, 0.5) is 11.4 Å². The van der Waals surface area contributed by atoms with Crippen LogP contribution < -0.4 is 15.4 Å². The van der Waals surface area contributed by atoms with Crippen molar-refractivity contribution in [1.82, 2.24) is 0 Å². The number of nitriles is 1. The summed E-state index contributed by atoms with van der Waals surface area (Å²) in [6, 6.07) is 5.26. The van der Waals surface area contributed by atoms with Gasteiger partial charge in [-0.05, 0) is 50.0 Å². The van der Waals surface area contributed by atoms with Crippen LogP contribution in [0.5, 0.6) is 0 Å². The Bertz CT molecular complexity index is 844. The number of hydrogen-bond donors (Lipinski definition) is 2. The number of benzene rings is 1. The fourth-order valence-corrected chi connectivity index (χ4v) is 6.22. The third kappa shape index (κ3) is 4.94. The molecule has 1 saturated carbocycles. The van der Waals surface area contributed by atoms with Gasteiger partial charge in [-0.1, -0.05) is 19.3 Å². The third-order valence-corrected chi connectivity index (χ3v) is 8.24. The van der Waals surface area contributed by atoms with E-state index in [1.807, 2.05) is 7.05 Å². The van der Waals surface area contributed by atoms with Crippen LogP contribution in [0, 0.1) is 17.2 Å². The number of rotatable bonds is 5. The fourth-order valence-electron chi connectivity index (χ4n) is 4.22. The molecule has 2 aliphatic rings. The van der Waals surface area contributed by atoms with E-state index in [1.54, 1.807) is 6.07 Å². The second-order valence-electron chi connectivity index (χ2n) is 8.01. The van der Waals surface area contributed by atoms with E-state index < -0.39 is 10.0 Å². The first kappa shape index (κ1) is 21.3. The lowest BCUT2D eigenvalue weighted by Crippen LogP contribution is -2.32. The van der Waals surface area contributed by atoms with Crippen LogP contribution in [0.25, 0.3) is 0 Å². The van der Waals surface area contributed by atoms with Crippen LogP contribution >= 0.6 is 11.8 Å². The van der Waals surface area contributed by atoms with E-state index in [4.69, 9.17) is 5.14 Å². The van der Waals surface area contributed by atoms with E-state index in [9.17, 15) is 13.7 Å². The van der Waals surface area contributed by atoms with E-state index in [-0.39, 0.29) is 10.9 Å². The summed E-state index contributed by atoms with van der Waals surface area (Å²) in [6.45, 7) is 2.96. The Morgan fingerprint density at radius 2 is 2.04 bits per heavy atom. The van der Waals surface area contributed by atoms with Gasteiger partial charge in [0.25, 0.3) is 0 Å². The van der Waals surface area contributed by atoms with Crippen LogP contribution in [0.3, 0.4) is 0 Å². The molecule has 0 amide bonds. The minimum absolute atomic E-state index is 0.0181. The minimum Gasteiger partial charge on any atom is -0.379 e. The summed E-state index contributed by atoms with van der Waals surface area (Å²) in [5, 5.41) is 19.1. The zero-order valence-corrected chi connectivity index (χ0v) is 18.3. The van der Waals surface area contributed by atoms with Crippen molar-refractivity contribution in [2.45, 2.75) is 61.6 Å². The molecule has 1 aromatic rings. The number of nitrogens with two attached hydrogens (primary N) is 1. The molecule has 3 rings (SSSR count). The molecule has 154 valence electrons. The van der Waals surface area contributed by atoms with Crippen LogP contribution in [-0.4, -0.2) is 39.1 Å². The Morgan fingerprint density at radius 1 is 1.32 bits per heavy atom. The van der Waals surface area contributed by atoms with Gasteiger partial charge in [0.05, 0.1) is 21.8 Å². The number of nitrogens with one attached hydrogen (secondary N) is 1.